The van der Waals surface area contributed by atoms with Crippen LogP contribution in [0, 0.1) is 0 Å². The van der Waals surface area contributed by atoms with Gasteiger partial charge in [-0.15, -0.1) is 10.2 Å². The first-order valence-corrected chi connectivity index (χ1v) is 5.59. The van der Waals surface area contributed by atoms with Gasteiger partial charge in [0.15, 0.2) is 20.9 Å². The molecule has 78 valence electrons. The molecule has 0 aliphatic rings. The second-order valence-corrected chi connectivity index (χ2v) is 4.47. The van der Waals surface area contributed by atoms with Crippen LogP contribution >= 0.6 is 23.1 Å². The molecule has 2 N–H and O–H groups in total. The second kappa shape index (κ2) is 4.41. The Kier molecular flexibility index (Phi) is 2.97. The number of anilines is 1. The Labute approximate surface area is 93.9 Å². The van der Waals surface area contributed by atoms with Crippen molar-refractivity contribution in [1.82, 2.24) is 20.2 Å². The molecule has 0 unspecified atom stereocenters. The summed E-state index contributed by atoms with van der Waals surface area (Å²) in [5, 5.41) is 8.26. The number of nitrogens with two attached hydrogens (primary N) is 1. The van der Waals surface area contributed by atoms with Crippen molar-refractivity contribution in [2.75, 3.05) is 12.8 Å². The molecule has 8 heteroatoms. The van der Waals surface area contributed by atoms with E-state index in [0.717, 1.165) is 4.34 Å². The molecule has 2 heterocycles. The number of hydrogen-bond acceptors (Lipinski definition) is 8. The van der Waals surface area contributed by atoms with Crippen LogP contribution in [-0.2, 0) is 0 Å². The SMILES string of the molecule is COc1c(N)ncnc1Sc1nncs1. The van der Waals surface area contributed by atoms with Gasteiger partial charge < -0.3 is 10.5 Å². The maximum atomic E-state index is 5.64. The van der Waals surface area contributed by atoms with E-state index in [-0.39, 0.29) is 0 Å². The molecule has 0 aliphatic carbocycles. The maximum Gasteiger partial charge on any atom is 0.193 e. The lowest BCUT2D eigenvalue weighted by atomic mass is 10.5. The summed E-state index contributed by atoms with van der Waals surface area (Å²) >= 11 is 2.78. The van der Waals surface area contributed by atoms with Crippen LogP contribution in [-0.4, -0.2) is 27.3 Å². The van der Waals surface area contributed by atoms with Gasteiger partial charge in [0.2, 0.25) is 0 Å². The highest BCUT2D eigenvalue weighted by molar-refractivity contribution is 8.01. The summed E-state index contributed by atoms with van der Waals surface area (Å²) in [4.78, 5) is 7.91. The first kappa shape index (κ1) is 10.1. The molecule has 0 atom stereocenters. The topological polar surface area (TPSA) is 86.8 Å². The largest absolute Gasteiger partial charge is 0.490 e. The van der Waals surface area contributed by atoms with Crippen LogP contribution in [0.5, 0.6) is 5.75 Å². The zero-order chi connectivity index (χ0) is 10.7. The minimum absolute atomic E-state index is 0.319. The fourth-order valence-corrected chi connectivity index (χ4v) is 2.40. The molecule has 0 amide bonds. The fraction of sp³-hybridized carbons (Fsp3) is 0.143. The van der Waals surface area contributed by atoms with E-state index in [2.05, 4.69) is 20.2 Å². The van der Waals surface area contributed by atoms with Gasteiger partial charge in [-0.05, 0) is 11.8 Å². The predicted molar refractivity (Wildman–Crippen MR) is 57.0 cm³/mol. The van der Waals surface area contributed by atoms with Gasteiger partial charge in [-0.25, -0.2) is 9.97 Å². The molecular formula is C7H7N5OS2. The number of nitrogens with zero attached hydrogens (tertiary/aromatic N) is 4. The standard InChI is InChI=1S/C7H7N5OS2/c1-13-4-5(8)9-2-10-6(4)15-7-12-11-3-14-7/h2-3H,1H3,(H2,8,9,10). The summed E-state index contributed by atoms with van der Waals surface area (Å²) < 4.78 is 5.89. The molecule has 0 aliphatic heterocycles. The molecule has 6 nitrogen and oxygen atoms in total. The van der Waals surface area contributed by atoms with Gasteiger partial charge >= 0.3 is 0 Å². The van der Waals surface area contributed by atoms with Crippen LogP contribution in [0.1, 0.15) is 0 Å². The van der Waals surface area contributed by atoms with Gasteiger partial charge in [0.05, 0.1) is 7.11 Å². The monoisotopic (exact) mass is 241 g/mol. The Hall–Kier alpha value is -1.41. The fourth-order valence-electron chi connectivity index (χ4n) is 0.925. The highest BCUT2D eigenvalue weighted by Crippen LogP contribution is 2.35. The van der Waals surface area contributed by atoms with Crippen LogP contribution in [0.25, 0.3) is 0 Å². The third-order valence-electron chi connectivity index (χ3n) is 1.53. The average Bonchev–Trinajstić information content (AvgIpc) is 2.71. The van der Waals surface area contributed by atoms with Crippen LogP contribution in [0.2, 0.25) is 0 Å². The van der Waals surface area contributed by atoms with Crippen molar-refractivity contribution in [3.8, 4) is 5.75 Å². The molecule has 0 fully saturated rings. The van der Waals surface area contributed by atoms with Crippen LogP contribution in [0.3, 0.4) is 0 Å². The summed E-state index contributed by atoms with van der Waals surface area (Å²) in [6.07, 6.45) is 1.39. The molecule has 2 rings (SSSR count). The molecule has 2 aromatic heterocycles. The van der Waals surface area contributed by atoms with E-state index in [1.54, 1.807) is 5.51 Å². The molecule has 0 radical (unpaired) electrons. The number of nitrogen functional groups attached to an aromatic ring is 1. The van der Waals surface area contributed by atoms with Crippen molar-refractivity contribution in [1.29, 1.82) is 0 Å². The van der Waals surface area contributed by atoms with Gasteiger partial charge in [-0.1, -0.05) is 11.3 Å². The van der Waals surface area contributed by atoms with Crippen molar-refractivity contribution in [3.05, 3.63) is 11.8 Å². The molecule has 15 heavy (non-hydrogen) atoms. The normalized spacial score (nSPS) is 10.2. The van der Waals surface area contributed by atoms with Crippen molar-refractivity contribution in [3.63, 3.8) is 0 Å². The minimum atomic E-state index is 0.319. The number of aromatic nitrogens is 4. The van der Waals surface area contributed by atoms with E-state index in [1.807, 2.05) is 0 Å². The number of ether oxygens (including phenoxy) is 1. The average molecular weight is 241 g/mol. The Morgan fingerprint density at radius 3 is 3.00 bits per heavy atom. The Morgan fingerprint density at radius 1 is 1.47 bits per heavy atom. The molecular weight excluding hydrogens is 234 g/mol. The molecule has 2 aromatic rings. The van der Waals surface area contributed by atoms with Gasteiger partial charge in [0.25, 0.3) is 0 Å². The first-order chi connectivity index (χ1) is 7.31. The highest BCUT2D eigenvalue weighted by atomic mass is 32.2. The van der Waals surface area contributed by atoms with Crippen molar-refractivity contribution in [2.45, 2.75) is 9.37 Å². The van der Waals surface area contributed by atoms with Crippen LogP contribution in [0.15, 0.2) is 21.2 Å². The summed E-state index contributed by atoms with van der Waals surface area (Å²) in [6.45, 7) is 0. The molecule has 0 bridgehead atoms. The third-order valence-corrected chi connectivity index (χ3v) is 3.29. The van der Waals surface area contributed by atoms with Gasteiger partial charge in [-0.2, -0.15) is 0 Å². The number of methoxy groups -OCH3 is 1. The summed E-state index contributed by atoms with van der Waals surface area (Å²) in [5.74, 6) is 0.789. The smallest absolute Gasteiger partial charge is 0.193 e. The van der Waals surface area contributed by atoms with Gasteiger partial charge in [0, 0.05) is 0 Å². The Bertz CT molecular complexity index is 447. The summed E-state index contributed by atoms with van der Waals surface area (Å²) in [5.41, 5.74) is 7.29. The zero-order valence-electron chi connectivity index (χ0n) is 7.75. The van der Waals surface area contributed by atoms with E-state index in [4.69, 9.17) is 10.5 Å². The van der Waals surface area contributed by atoms with E-state index in [1.165, 1.54) is 36.5 Å². The third kappa shape index (κ3) is 2.16. The Balaban J connectivity index is 2.32. The van der Waals surface area contributed by atoms with Gasteiger partial charge in [0.1, 0.15) is 11.8 Å². The number of hydrogen-bond donors (Lipinski definition) is 1. The maximum absolute atomic E-state index is 5.64. The lowest BCUT2D eigenvalue weighted by Crippen LogP contribution is -1.98. The van der Waals surface area contributed by atoms with Crippen LogP contribution < -0.4 is 10.5 Å². The molecule has 0 saturated carbocycles. The number of rotatable bonds is 3. The predicted octanol–water partition coefficient (Wildman–Crippen LogP) is 1.07. The van der Waals surface area contributed by atoms with Crippen LogP contribution in [0.4, 0.5) is 5.82 Å². The van der Waals surface area contributed by atoms with Crippen molar-refractivity contribution in [2.24, 2.45) is 0 Å². The van der Waals surface area contributed by atoms with E-state index < -0.39 is 0 Å². The van der Waals surface area contributed by atoms with Crippen molar-refractivity contribution >= 4 is 28.9 Å². The lowest BCUT2D eigenvalue weighted by Gasteiger charge is -2.06. The first-order valence-electron chi connectivity index (χ1n) is 3.89. The zero-order valence-corrected chi connectivity index (χ0v) is 9.38. The lowest BCUT2D eigenvalue weighted by molar-refractivity contribution is 0.401. The summed E-state index contributed by atoms with van der Waals surface area (Å²) in [6, 6.07) is 0. The van der Waals surface area contributed by atoms with E-state index in [0.29, 0.717) is 16.6 Å². The highest BCUT2D eigenvalue weighted by Gasteiger charge is 2.12. The quantitative estimate of drug-likeness (QED) is 0.804. The van der Waals surface area contributed by atoms with E-state index in [9.17, 15) is 0 Å². The van der Waals surface area contributed by atoms with E-state index >= 15 is 0 Å². The molecule has 0 spiro atoms. The minimum Gasteiger partial charge on any atom is -0.490 e. The molecule has 0 aromatic carbocycles. The Morgan fingerprint density at radius 2 is 2.33 bits per heavy atom. The van der Waals surface area contributed by atoms with Crippen molar-refractivity contribution < 1.29 is 4.74 Å². The van der Waals surface area contributed by atoms with Gasteiger partial charge in [-0.3, -0.25) is 0 Å². The summed E-state index contributed by atoms with van der Waals surface area (Å²) in [7, 11) is 1.53. The second-order valence-electron chi connectivity index (χ2n) is 2.40. The molecule has 0 saturated heterocycles.